The van der Waals surface area contributed by atoms with E-state index < -0.39 is 28.7 Å². The summed E-state index contributed by atoms with van der Waals surface area (Å²) in [6.07, 6.45) is 4.06. The van der Waals surface area contributed by atoms with E-state index in [-0.39, 0.29) is 24.9 Å². The molecule has 3 aromatic rings. The lowest BCUT2D eigenvalue weighted by atomic mass is 10.0. The van der Waals surface area contributed by atoms with Crippen LogP contribution in [0.2, 0.25) is 10.0 Å². The Morgan fingerprint density at radius 2 is 1.55 bits per heavy atom. The Morgan fingerprint density at radius 1 is 0.929 bits per heavy atom. The third-order valence-corrected chi connectivity index (χ3v) is 9.80. The molecule has 42 heavy (non-hydrogen) atoms. The summed E-state index contributed by atoms with van der Waals surface area (Å²) in [6, 6.07) is 22.0. The van der Waals surface area contributed by atoms with E-state index in [1.54, 1.807) is 48.5 Å². The van der Waals surface area contributed by atoms with Crippen molar-refractivity contribution in [3.05, 3.63) is 100 Å². The van der Waals surface area contributed by atoms with Crippen molar-refractivity contribution in [2.24, 2.45) is 0 Å². The van der Waals surface area contributed by atoms with Gasteiger partial charge in [-0.1, -0.05) is 90.6 Å². The molecule has 0 saturated heterocycles. The smallest absolute Gasteiger partial charge is 0.304 e. The zero-order chi connectivity index (χ0) is 30.3. The third kappa shape index (κ3) is 8.04. The topological polar surface area (TPSA) is 90.0 Å². The van der Waals surface area contributed by atoms with Crippen LogP contribution >= 0.6 is 23.2 Å². The van der Waals surface area contributed by atoms with E-state index in [2.05, 4.69) is 5.32 Å². The lowest BCUT2D eigenvalue weighted by Crippen LogP contribution is -2.55. The highest BCUT2D eigenvalue weighted by atomic mass is 35.5. The summed E-state index contributed by atoms with van der Waals surface area (Å²) in [5, 5.41) is 3.93. The molecule has 0 aliphatic heterocycles. The predicted molar refractivity (Wildman–Crippen MR) is 168 cm³/mol. The molecule has 11 heteroatoms. The van der Waals surface area contributed by atoms with E-state index >= 15 is 0 Å². The molecule has 1 aliphatic carbocycles. The van der Waals surface area contributed by atoms with Gasteiger partial charge in [0.05, 0.1) is 5.69 Å². The van der Waals surface area contributed by atoms with Crippen LogP contribution < -0.4 is 9.62 Å². The maximum absolute atomic E-state index is 14.3. The molecule has 0 heterocycles. The SMILES string of the molecule is CN(C)S(=O)(=O)N(CC(=O)N(Cc1ccc(Cl)cc1Cl)[C@H](Cc1ccccc1)C(=O)NC1CCCC1)c1ccccc1. The van der Waals surface area contributed by atoms with Gasteiger partial charge in [-0.3, -0.25) is 9.59 Å². The molecule has 0 aromatic heterocycles. The molecule has 1 fully saturated rings. The van der Waals surface area contributed by atoms with Gasteiger partial charge in [0.25, 0.3) is 0 Å². The summed E-state index contributed by atoms with van der Waals surface area (Å²) < 4.78 is 29.0. The maximum atomic E-state index is 14.3. The molecular weight excluding hydrogens is 595 g/mol. The van der Waals surface area contributed by atoms with Crippen molar-refractivity contribution in [2.45, 2.75) is 50.7 Å². The number of carbonyl (C=O) groups excluding carboxylic acids is 2. The number of para-hydroxylation sites is 1. The first-order chi connectivity index (χ1) is 20.1. The molecule has 0 bridgehead atoms. The highest BCUT2D eigenvalue weighted by Gasteiger charge is 2.35. The number of carbonyl (C=O) groups is 2. The Balaban J connectivity index is 1.76. The Bertz CT molecular complexity index is 1470. The van der Waals surface area contributed by atoms with Crippen molar-refractivity contribution >= 4 is 50.9 Å². The number of amides is 2. The fourth-order valence-corrected chi connectivity index (χ4v) is 6.59. The fraction of sp³-hybridized carbons (Fsp3) is 0.355. The summed E-state index contributed by atoms with van der Waals surface area (Å²) in [7, 11) is -1.23. The average Bonchev–Trinajstić information content (AvgIpc) is 3.48. The summed E-state index contributed by atoms with van der Waals surface area (Å²) in [4.78, 5) is 29.7. The molecule has 1 atom stereocenters. The molecule has 0 unspecified atom stereocenters. The van der Waals surface area contributed by atoms with E-state index in [9.17, 15) is 18.0 Å². The number of nitrogens with zero attached hydrogens (tertiary/aromatic N) is 3. The van der Waals surface area contributed by atoms with Crippen LogP contribution in [0, 0.1) is 0 Å². The molecule has 3 aromatic carbocycles. The van der Waals surface area contributed by atoms with Crippen LogP contribution in [-0.4, -0.2) is 62.2 Å². The van der Waals surface area contributed by atoms with Gasteiger partial charge in [-0.2, -0.15) is 12.7 Å². The van der Waals surface area contributed by atoms with E-state index in [1.165, 1.54) is 19.0 Å². The molecule has 1 N–H and O–H groups in total. The van der Waals surface area contributed by atoms with Crippen LogP contribution in [0.15, 0.2) is 78.9 Å². The second kappa shape index (κ2) is 14.4. The second-order valence-corrected chi connectivity index (χ2v) is 13.5. The normalized spacial score (nSPS) is 14.5. The van der Waals surface area contributed by atoms with Crippen LogP contribution in [0.25, 0.3) is 0 Å². The maximum Gasteiger partial charge on any atom is 0.304 e. The van der Waals surface area contributed by atoms with Gasteiger partial charge in [-0.15, -0.1) is 0 Å². The monoisotopic (exact) mass is 630 g/mol. The molecule has 8 nitrogen and oxygen atoms in total. The lowest BCUT2D eigenvalue weighted by molar-refractivity contribution is -0.140. The first kappa shape index (κ1) is 31.8. The number of halogens is 2. The molecule has 1 saturated carbocycles. The lowest BCUT2D eigenvalue weighted by Gasteiger charge is -2.35. The number of hydrogen-bond acceptors (Lipinski definition) is 4. The summed E-state index contributed by atoms with van der Waals surface area (Å²) in [6.45, 7) is -0.535. The van der Waals surface area contributed by atoms with Crippen LogP contribution in [0.3, 0.4) is 0 Å². The van der Waals surface area contributed by atoms with Crippen LogP contribution in [0.5, 0.6) is 0 Å². The van der Waals surface area contributed by atoms with E-state index in [1.807, 2.05) is 30.3 Å². The minimum Gasteiger partial charge on any atom is -0.352 e. The van der Waals surface area contributed by atoms with Gasteiger partial charge in [0.15, 0.2) is 0 Å². The van der Waals surface area contributed by atoms with Crippen LogP contribution in [0.4, 0.5) is 5.69 Å². The third-order valence-electron chi connectivity index (χ3n) is 7.39. The Labute approximate surface area is 258 Å². The average molecular weight is 632 g/mol. The highest BCUT2D eigenvalue weighted by molar-refractivity contribution is 7.90. The first-order valence-electron chi connectivity index (χ1n) is 13.9. The molecule has 2 amide bonds. The predicted octanol–water partition coefficient (Wildman–Crippen LogP) is 5.31. The van der Waals surface area contributed by atoms with Gasteiger partial charge in [-0.05, 0) is 48.2 Å². The van der Waals surface area contributed by atoms with E-state index in [4.69, 9.17) is 23.2 Å². The number of nitrogens with one attached hydrogen (secondary N) is 1. The second-order valence-electron chi connectivity index (χ2n) is 10.6. The van der Waals surface area contributed by atoms with Crippen molar-refractivity contribution in [3.63, 3.8) is 0 Å². The van der Waals surface area contributed by atoms with Crippen LogP contribution in [-0.2, 0) is 32.8 Å². The standard InChI is InChI=1S/C31H36Cl2N4O4S/c1-35(2)42(40,41)37(27-15-7-4-8-16-27)22-30(38)36(21-24-17-18-25(32)20-28(24)33)29(19-23-11-5-3-6-12-23)31(39)34-26-13-9-10-14-26/h3-8,11-12,15-18,20,26,29H,9-10,13-14,19,21-22H2,1-2H3,(H,34,39)/t29-/m1/s1. The minimum atomic E-state index is -4.06. The van der Waals surface area contributed by atoms with Gasteiger partial charge in [0.1, 0.15) is 12.6 Å². The summed E-state index contributed by atoms with van der Waals surface area (Å²) in [5.74, 6) is -0.830. The Kier molecular flexibility index (Phi) is 10.9. The fourth-order valence-electron chi connectivity index (χ4n) is 5.07. The first-order valence-corrected chi connectivity index (χ1v) is 16.0. The molecular formula is C31H36Cl2N4O4S. The van der Waals surface area contributed by atoms with Crippen molar-refractivity contribution < 1.29 is 18.0 Å². The molecule has 224 valence electrons. The quantitative estimate of drug-likeness (QED) is 0.294. The summed E-state index contributed by atoms with van der Waals surface area (Å²) in [5.41, 5.74) is 1.78. The van der Waals surface area contributed by atoms with Gasteiger partial charge in [0, 0.05) is 43.1 Å². The highest BCUT2D eigenvalue weighted by Crippen LogP contribution is 2.26. The van der Waals surface area contributed by atoms with E-state index in [0.717, 1.165) is 39.9 Å². The van der Waals surface area contributed by atoms with Crippen molar-refractivity contribution in [1.82, 2.24) is 14.5 Å². The Hall–Kier alpha value is -3.11. The van der Waals surface area contributed by atoms with Crippen molar-refractivity contribution in [2.75, 3.05) is 24.9 Å². The van der Waals surface area contributed by atoms with Crippen LogP contribution in [0.1, 0.15) is 36.8 Å². The van der Waals surface area contributed by atoms with Gasteiger partial charge < -0.3 is 10.2 Å². The Morgan fingerprint density at radius 3 is 2.14 bits per heavy atom. The molecule has 0 radical (unpaired) electrons. The van der Waals surface area contributed by atoms with Gasteiger partial charge in [-0.25, -0.2) is 4.31 Å². The van der Waals surface area contributed by atoms with Gasteiger partial charge >= 0.3 is 10.2 Å². The minimum absolute atomic E-state index is 0.0188. The van der Waals surface area contributed by atoms with E-state index in [0.29, 0.717) is 21.3 Å². The molecule has 1 aliphatic rings. The number of hydrogen-bond donors (Lipinski definition) is 1. The largest absolute Gasteiger partial charge is 0.352 e. The van der Waals surface area contributed by atoms with Gasteiger partial charge in [0.2, 0.25) is 11.8 Å². The number of benzene rings is 3. The van der Waals surface area contributed by atoms with Crippen molar-refractivity contribution in [3.8, 4) is 0 Å². The number of anilines is 1. The molecule has 0 spiro atoms. The zero-order valence-corrected chi connectivity index (χ0v) is 26.1. The number of rotatable bonds is 12. The zero-order valence-electron chi connectivity index (χ0n) is 23.7. The summed E-state index contributed by atoms with van der Waals surface area (Å²) >= 11 is 12.7. The van der Waals surface area contributed by atoms with Crippen molar-refractivity contribution in [1.29, 1.82) is 0 Å². The molecule has 4 rings (SSSR count).